The summed E-state index contributed by atoms with van der Waals surface area (Å²) in [7, 11) is 0. The van der Waals surface area contributed by atoms with Crippen molar-refractivity contribution in [1.82, 2.24) is 20.0 Å². The number of nitrogens with one attached hydrogen (secondary N) is 1. The highest BCUT2D eigenvalue weighted by molar-refractivity contribution is 6.35. The molecule has 0 radical (unpaired) electrons. The molecule has 1 aliphatic rings. The number of rotatable bonds is 8. The average molecular weight is 395 g/mol. The van der Waals surface area contributed by atoms with Crippen molar-refractivity contribution >= 4 is 29.1 Å². The predicted octanol–water partition coefficient (Wildman–Crippen LogP) is 4.13. The van der Waals surface area contributed by atoms with E-state index >= 15 is 0 Å². The van der Waals surface area contributed by atoms with Crippen LogP contribution in [0.4, 0.5) is 0 Å². The molecule has 1 N–H and O–H groups in total. The summed E-state index contributed by atoms with van der Waals surface area (Å²) >= 11 is 12.3. The highest BCUT2D eigenvalue weighted by Gasteiger charge is 2.33. The Bertz CT molecular complexity index is 782. The lowest BCUT2D eigenvalue weighted by molar-refractivity contribution is 0.0948. The molecule has 0 saturated heterocycles. The number of amides is 1. The molecule has 1 amide bonds. The van der Waals surface area contributed by atoms with Gasteiger partial charge < -0.3 is 10.2 Å². The lowest BCUT2D eigenvalue weighted by Crippen LogP contribution is -2.35. The minimum atomic E-state index is -0.0737. The molecular weight excluding hydrogens is 371 g/mol. The summed E-state index contributed by atoms with van der Waals surface area (Å²) in [6, 6.07) is 5.32. The van der Waals surface area contributed by atoms with Crippen molar-refractivity contribution in [3.63, 3.8) is 0 Å². The smallest absolute Gasteiger partial charge is 0.254 e. The Hall–Kier alpha value is -1.56. The first-order chi connectivity index (χ1) is 12.5. The van der Waals surface area contributed by atoms with E-state index in [1.54, 1.807) is 23.0 Å². The van der Waals surface area contributed by atoms with Gasteiger partial charge in [0.05, 0.1) is 28.2 Å². The third-order valence-electron chi connectivity index (χ3n) is 4.76. The Morgan fingerprint density at radius 2 is 2.04 bits per heavy atom. The number of hydrogen-bond acceptors (Lipinski definition) is 3. The summed E-state index contributed by atoms with van der Waals surface area (Å²) in [6.07, 6.45) is 3.78. The summed E-state index contributed by atoms with van der Waals surface area (Å²) in [6.45, 7) is 7.67. The first-order valence-corrected chi connectivity index (χ1v) is 9.84. The third-order valence-corrected chi connectivity index (χ3v) is 5.30. The van der Waals surface area contributed by atoms with Gasteiger partial charge in [0, 0.05) is 24.0 Å². The second kappa shape index (κ2) is 8.42. The summed E-state index contributed by atoms with van der Waals surface area (Å²) in [5, 5.41) is 8.58. The van der Waals surface area contributed by atoms with Crippen LogP contribution in [0, 0.1) is 0 Å². The molecule has 5 nitrogen and oxygen atoms in total. The van der Waals surface area contributed by atoms with Crippen LogP contribution >= 0.6 is 23.2 Å². The number of benzene rings is 1. The van der Waals surface area contributed by atoms with Crippen LogP contribution in [0.5, 0.6) is 0 Å². The fourth-order valence-electron chi connectivity index (χ4n) is 3.09. The predicted molar refractivity (Wildman–Crippen MR) is 106 cm³/mol. The van der Waals surface area contributed by atoms with E-state index in [-0.39, 0.29) is 5.91 Å². The Morgan fingerprint density at radius 3 is 2.65 bits per heavy atom. The first kappa shape index (κ1) is 19.2. The van der Waals surface area contributed by atoms with E-state index in [4.69, 9.17) is 23.2 Å². The van der Waals surface area contributed by atoms with Gasteiger partial charge in [-0.25, -0.2) is 4.68 Å². The van der Waals surface area contributed by atoms with E-state index in [9.17, 15) is 4.79 Å². The number of nitrogens with zero attached hydrogens (tertiary/aromatic N) is 3. The van der Waals surface area contributed by atoms with Gasteiger partial charge in [-0.05, 0) is 44.1 Å². The van der Waals surface area contributed by atoms with Crippen LogP contribution in [-0.2, 0) is 0 Å². The SMILES string of the molecule is CCN(CC)CCNC(=O)c1cnn(-c2ccc(Cl)cc2Cl)c1C1CC1. The number of carbonyl (C=O) groups is 1. The molecule has 3 rings (SSSR count). The molecule has 2 aromatic rings. The van der Waals surface area contributed by atoms with Crippen LogP contribution in [0.15, 0.2) is 24.4 Å². The van der Waals surface area contributed by atoms with Crippen LogP contribution in [0.3, 0.4) is 0 Å². The fourth-order valence-corrected chi connectivity index (χ4v) is 3.58. The fraction of sp³-hybridized carbons (Fsp3) is 0.474. The zero-order valence-corrected chi connectivity index (χ0v) is 16.6. The van der Waals surface area contributed by atoms with E-state index in [1.807, 2.05) is 6.07 Å². The Balaban J connectivity index is 1.80. The van der Waals surface area contributed by atoms with Gasteiger partial charge in [-0.2, -0.15) is 5.10 Å². The van der Waals surface area contributed by atoms with E-state index in [2.05, 4.69) is 29.2 Å². The first-order valence-electron chi connectivity index (χ1n) is 9.09. The highest BCUT2D eigenvalue weighted by Crippen LogP contribution is 2.43. The second-order valence-corrected chi connectivity index (χ2v) is 7.35. The monoisotopic (exact) mass is 394 g/mol. The summed E-state index contributed by atoms with van der Waals surface area (Å²) in [5.74, 6) is 0.281. The molecule has 1 fully saturated rings. The molecule has 7 heteroatoms. The topological polar surface area (TPSA) is 50.2 Å². The average Bonchev–Trinajstić information content (AvgIpc) is 3.37. The van der Waals surface area contributed by atoms with Gasteiger partial charge in [0.2, 0.25) is 0 Å². The molecule has 140 valence electrons. The van der Waals surface area contributed by atoms with E-state index in [0.29, 0.717) is 28.1 Å². The molecule has 26 heavy (non-hydrogen) atoms. The number of carbonyl (C=O) groups excluding carboxylic acids is 1. The molecular formula is C19H24Cl2N4O. The van der Waals surface area contributed by atoms with Gasteiger partial charge in [-0.15, -0.1) is 0 Å². The van der Waals surface area contributed by atoms with Crippen molar-refractivity contribution in [2.75, 3.05) is 26.2 Å². The molecule has 1 aromatic heterocycles. The van der Waals surface area contributed by atoms with Crippen molar-refractivity contribution in [3.05, 3.63) is 45.7 Å². The van der Waals surface area contributed by atoms with Crippen LogP contribution in [-0.4, -0.2) is 46.8 Å². The Morgan fingerprint density at radius 1 is 1.31 bits per heavy atom. The van der Waals surface area contributed by atoms with Crippen LogP contribution in [0.1, 0.15) is 48.7 Å². The molecule has 1 saturated carbocycles. The maximum atomic E-state index is 12.7. The van der Waals surface area contributed by atoms with E-state index in [1.165, 1.54) is 0 Å². The number of halogens is 2. The lowest BCUT2D eigenvalue weighted by atomic mass is 10.1. The van der Waals surface area contributed by atoms with Crippen molar-refractivity contribution in [1.29, 1.82) is 0 Å². The standard InChI is InChI=1S/C19H24Cl2N4O/c1-3-24(4-2)10-9-22-19(26)15-12-23-25(18(15)13-5-6-13)17-8-7-14(20)11-16(17)21/h7-8,11-13H,3-6,9-10H2,1-2H3,(H,22,26). The molecule has 1 heterocycles. The highest BCUT2D eigenvalue weighted by atomic mass is 35.5. The quantitative estimate of drug-likeness (QED) is 0.731. The zero-order valence-electron chi connectivity index (χ0n) is 15.1. The maximum Gasteiger partial charge on any atom is 0.254 e. The van der Waals surface area contributed by atoms with Crippen molar-refractivity contribution in [2.24, 2.45) is 0 Å². The van der Waals surface area contributed by atoms with Gasteiger partial charge in [0.15, 0.2) is 0 Å². The van der Waals surface area contributed by atoms with Gasteiger partial charge >= 0.3 is 0 Å². The second-order valence-electron chi connectivity index (χ2n) is 6.51. The Kier molecular flexibility index (Phi) is 6.22. The number of likely N-dealkylation sites (N-methyl/N-ethyl adjacent to an activating group) is 1. The van der Waals surface area contributed by atoms with Crippen molar-refractivity contribution < 1.29 is 4.79 Å². The van der Waals surface area contributed by atoms with Gasteiger partial charge in [-0.1, -0.05) is 37.0 Å². The van der Waals surface area contributed by atoms with Crippen LogP contribution in [0.25, 0.3) is 5.69 Å². The lowest BCUT2D eigenvalue weighted by Gasteiger charge is -2.18. The Labute approximate surface area is 164 Å². The molecule has 0 bridgehead atoms. The zero-order chi connectivity index (χ0) is 18.7. The van der Waals surface area contributed by atoms with E-state index in [0.717, 1.165) is 43.9 Å². The molecule has 0 unspecified atom stereocenters. The van der Waals surface area contributed by atoms with Crippen molar-refractivity contribution in [3.8, 4) is 5.69 Å². The number of hydrogen-bond donors (Lipinski definition) is 1. The normalized spacial score (nSPS) is 14.0. The molecule has 0 spiro atoms. The maximum absolute atomic E-state index is 12.7. The summed E-state index contributed by atoms with van der Waals surface area (Å²) < 4.78 is 1.79. The van der Waals surface area contributed by atoms with Crippen molar-refractivity contribution in [2.45, 2.75) is 32.6 Å². The van der Waals surface area contributed by atoms with E-state index < -0.39 is 0 Å². The molecule has 1 aliphatic carbocycles. The van der Waals surface area contributed by atoms with Crippen LogP contribution in [0.2, 0.25) is 10.0 Å². The summed E-state index contributed by atoms with van der Waals surface area (Å²) in [4.78, 5) is 15.0. The molecule has 0 aliphatic heterocycles. The van der Waals surface area contributed by atoms with Gasteiger partial charge in [-0.3, -0.25) is 4.79 Å². The van der Waals surface area contributed by atoms with Gasteiger partial charge in [0.1, 0.15) is 0 Å². The molecule has 1 aromatic carbocycles. The largest absolute Gasteiger partial charge is 0.351 e. The van der Waals surface area contributed by atoms with Gasteiger partial charge in [0.25, 0.3) is 5.91 Å². The summed E-state index contributed by atoms with van der Waals surface area (Å²) in [5.41, 5.74) is 2.33. The minimum absolute atomic E-state index is 0.0737. The molecule has 0 atom stereocenters. The van der Waals surface area contributed by atoms with Crippen LogP contribution < -0.4 is 5.32 Å². The number of aromatic nitrogens is 2. The third kappa shape index (κ3) is 4.22. The minimum Gasteiger partial charge on any atom is -0.351 e.